The van der Waals surface area contributed by atoms with Gasteiger partial charge in [-0.2, -0.15) is 23.0 Å². The number of halogens is 4. The van der Waals surface area contributed by atoms with Gasteiger partial charge in [0.05, 0.1) is 29.9 Å². The van der Waals surface area contributed by atoms with Gasteiger partial charge in [-0.3, -0.25) is 9.62 Å². The molecule has 0 spiro atoms. The highest BCUT2D eigenvalue weighted by Gasteiger charge is 2.44. The largest absolute Gasteiger partial charge is 0.416 e. The van der Waals surface area contributed by atoms with Crippen molar-refractivity contribution in [1.82, 2.24) is 19.6 Å². The lowest BCUT2D eigenvalue weighted by molar-refractivity contribution is -0.138. The van der Waals surface area contributed by atoms with E-state index in [2.05, 4.69) is 9.82 Å². The third kappa shape index (κ3) is 5.49. The maximum atomic E-state index is 13.4. The van der Waals surface area contributed by atoms with Gasteiger partial charge in [0, 0.05) is 30.7 Å². The van der Waals surface area contributed by atoms with E-state index in [9.17, 15) is 26.4 Å². The number of carbonyl (C=O) groups excluding carboxylic acids is 1. The first-order chi connectivity index (χ1) is 15.8. The number of alkyl halides is 3. The molecule has 1 unspecified atom stereocenters. The Kier molecular flexibility index (Phi) is 6.60. The molecular formula is C21H25ClF3N5O3S. The first-order valence-electron chi connectivity index (χ1n) is 10.7. The molecule has 2 aliphatic rings. The van der Waals surface area contributed by atoms with E-state index in [1.807, 2.05) is 11.9 Å². The van der Waals surface area contributed by atoms with Crippen molar-refractivity contribution in [3.05, 3.63) is 46.7 Å². The Morgan fingerprint density at radius 3 is 2.50 bits per heavy atom. The number of likely N-dealkylation sites (tertiary alicyclic amines) is 1. The van der Waals surface area contributed by atoms with Gasteiger partial charge in [-0.05, 0) is 55.5 Å². The number of rotatable bonds is 5. The van der Waals surface area contributed by atoms with E-state index in [4.69, 9.17) is 11.6 Å². The highest BCUT2D eigenvalue weighted by molar-refractivity contribution is 7.92. The summed E-state index contributed by atoms with van der Waals surface area (Å²) in [6.07, 6.45) is 0.706. The maximum absolute atomic E-state index is 13.4. The minimum Gasteiger partial charge on any atom is -0.322 e. The Balaban J connectivity index is 1.36. The average Bonchev–Trinajstić information content (AvgIpc) is 3.39. The fourth-order valence-electron chi connectivity index (χ4n) is 4.99. The highest BCUT2D eigenvalue weighted by Crippen LogP contribution is 2.41. The zero-order valence-electron chi connectivity index (χ0n) is 18.6. The van der Waals surface area contributed by atoms with Crippen LogP contribution in [0.25, 0.3) is 0 Å². The van der Waals surface area contributed by atoms with Crippen LogP contribution in [0.4, 0.5) is 23.7 Å². The van der Waals surface area contributed by atoms with Crippen molar-refractivity contribution < 1.29 is 26.4 Å². The molecule has 34 heavy (non-hydrogen) atoms. The predicted molar refractivity (Wildman–Crippen MR) is 121 cm³/mol. The number of nitrogens with zero attached hydrogens (tertiary/aromatic N) is 4. The van der Waals surface area contributed by atoms with Crippen molar-refractivity contribution in [2.45, 2.75) is 31.6 Å². The number of fused-ring (bicyclic) bond motifs is 1. The summed E-state index contributed by atoms with van der Waals surface area (Å²) in [7, 11) is -1.66. The van der Waals surface area contributed by atoms with Crippen LogP contribution in [0.2, 0.25) is 5.02 Å². The van der Waals surface area contributed by atoms with E-state index < -0.39 is 21.8 Å². The number of hydrogen-bond acceptors (Lipinski definition) is 5. The van der Waals surface area contributed by atoms with Crippen LogP contribution in [-0.2, 0) is 22.7 Å². The summed E-state index contributed by atoms with van der Waals surface area (Å²) in [5, 5.41) is 4.22. The number of nitrogens with one attached hydrogen (secondary N) is 1. The van der Waals surface area contributed by atoms with E-state index in [-0.39, 0.29) is 46.7 Å². The van der Waals surface area contributed by atoms with Gasteiger partial charge in [0.25, 0.3) is 0 Å². The van der Waals surface area contributed by atoms with Gasteiger partial charge in [0.15, 0.2) is 0 Å². The van der Waals surface area contributed by atoms with Crippen LogP contribution in [0.5, 0.6) is 0 Å². The van der Waals surface area contributed by atoms with Crippen molar-refractivity contribution >= 4 is 33.3 Å². The molecular weight excluding hydrogens is 495 g/mol. The van der Waals surface area contributed by atoms with Crippen LogP contribution >= 0.6 is 11.6 Å². The molecule has 1 aromatic carbocycles. The molecule has 1 aromatic heterocycles. The summed E-state index contributed by atoms with van der Waals surface area (Å²) >= 11 is 5.95. The summed E-state index contributed by atoms with van der Waals surface area (Å²) in [6, 6.07) is 3.40. The standard InChI is InChI=1S/C21H25ClF3N5O3S/c1-28(9-15-5-16(22)3-4-19(15)21(23,24)25)18-6-13-10-29(11-14(13)7-18)20(31)30-12-17(8-26-30)27-34(2,32)33/h3-5,8,12-14,18,27H,6-7,9-11H2,1-2H3/t13-,14+,18?. The average molecular weight is 520 g/mol. The van der Waals surface area contributed by atoms with E-state index in [0.717, 1.165) is 29.8 Å². The van der Waals surface area contributed by atoms with Gasteiger partial charge in [-0.15, -0.1) is 0 Å². The predicted octanol–water partition coefficient (Wildman–Crippen LogP) is 3.74. The normalized spacial score (nSPS) is 22.9. The Bertz CT molecular complexity index is 1170. The SMILES string of the molecule is CN(Cc1cc(Cl)ccc1C(F)(F)F)C1C[C@@H]2CN(C(=O)n3cc(NS(C)(=O)=O)cn3)C[C@@H]2C1. The first kappa shape index (κ1) is 24.8. The fourth-order valence-corrected chi connectivity index (χ4v) is 5.72. The van der Waals surface area contributed by atoms with E-state index in [1.165, 1.54) is 24.5 Å². The van der Waals surface area contributed by atoms with Crippen molar-refractivity contribution in [2.75, 3.05) is 31.1 Å². The Hall–Kier alpha value is -2.31. The molecule has 2 aromatic rings. The van der Waals surface area contributed by atoms with E-state index >= 15 is 0 Å². The van der Waals surface area contributed by atoms with Crippen molar-refractivity contribution in [3.63, 3.8) is 0 Å². The minimum absolute atomic E-state index is 0.0996. The van der Waals surface area contributed by atoms with Gasteiger partial charge in [0.2, 0.25) is 10.0 Å². The molecule has 1 aliphatic heterocycles. The van der Waals surface area contributed by atoms with Crippen LogP contribution < -0.4 is 4.72 Å². The molecule has 1 N–H and O–H groups in total. The van der Waals surface area contributed by atoms with Gasteiger partial charge in [0.1, 0.15) is 0 Å². The molecule has 3 atom stereocenters. The van der Waals surface area contributed by atoms with Crippen LogP contribution in [-0.4, -0.2) is 66.5 Å². The van der Waals surface area contributed by atoms with E-state index in [0.29, 0.717) is 13.1 Å². The maximum Gasteiger partial charge on any atom is 0.416 e. The molecule has 2 fully saturated rings. The third-order valence-electron chi connectivity index (χ3n) is 6.49. The second kappa shape index (κ2) is 9.04. The second-order valence-electron chi connectivity index (χ2n) is 9.10. The van der Waals surface area contributed by atoms with Gasteiger partial charge < -0.3 is 4.90 Å². The summed E-state index contributed by atoms with van der Waals surface area (Å²) in [5.41, 5.74) is -0.326. The van der Waals surface area contributed by atoms with Crippen molar-refractivity contribution in [1.29, 1.82) is 0 Å². The highest BCUT2D eigenvalue weighted by atomic mass is 35.5. The molecule has 13 heteroatoms. The zero-order chi connectivity index (χ0) is 24.8. The smallest absolute Gasteiger partial charge is 0.322 e. The number of amides is 1. The number of carbonyl (C=O) groups is 1. The monoisotopic (exact) mass is 519 g/mol. The number of hydrogen-bond donors (Lipinski definition) is 1. The molecule has 186 valence electrons. The number of benzene rings is 1. The van der Waals surface area contributed by atoms with Crippen LogP contribution in [0.3, 0.4) is 0 Å². The van der Waals surface area contributed by atoms with Crippen molar-refractivity contribution in [2.24, 2.45) is 11.8 Å². The Morgan fingerprint density at radius 2 is 1.91 bits per heavy atom. The fraction of sp³-hybridized carbons (Fsp3) is 0.524. The molecule has 2 heterocycles. The molecule has 1 amide bonds. The molecule has 1 saturated carbocycles. The van der Waals surface area contributed by atoms with Crippen LogP contribution in [0.1, 0.15) is 24.0 Å². The minimum atomic E-state index is -4.45. The van der Waals surface area contributed by atoms with Crippen LogP contribution in [0, 0.1) is 11.8 Å². The molecule has 4 rings (SSSR count). The molecule has 8 nitrogen and oxygen atoms in total. The molecule has 1 saturated heterocycles. The number of sulfonamides is 1. The summed E-state index contributed by atoms with van der Waals surface area (Å²) in [5.74, 6) is 0.476. The van der Waals surface area contributed by atoms with Crippen molar-refractivity contribution in [3.8, 4) is 0 Å². The lowest BCUT2D eigenvalue weighted by Crippen LogP contribution is -2.36. The zero-order valence-corrected chi connectivity index (χ0v) is 20.2. The molecule has 0 radical (unpaired) electrons. The lowest BCUT2D eigenvalue weighted by Gasteiger charge is -2.27. The lowest BCUT2D eigenvalue weighted by atomic mass is 10.0. The van der Waals surface area contributed by atoms with E-state index in [1.54, 1.807) is 4.90 Å². The summed E-state index contributed by atoms with van der Waals surface area (Å²) in [6.45, 7) is 1.17. The first-order valence-corrected chi connectivity index (χ1v) is 12.9. The van der Waals surface area contributed by atoms with Gasteiger partial charge in [-0.1, -0.05) is 11.6 Å². The second-order valence-corrected chi connectivity index (χ2v) is 11.3. The number of aromatic nitrogens is 2. The summed E-state index contributed by atoms with van der Waals surface area (Å²) in [4.78, 5) is 16.4. The van der Waals surface area contributed by atoms with Crippen LogP contribution in [0.15, 0.2) is 30.6 Å². The summed E-state index contributed by atoms with van der Waals surface area (Å²) < 4.78 is 66.3. The topological polar surface area (TPSA) is 87.5 Å². The van der Waals surface area contributed by atoms with Gasteiger partial charge in [-0.25, -0.2) is 13.2 Å². The quantitative estimate of drug-likeness (QED) is 0.650. The molecule has 0 bridgehead atoms. The Labute approximate surface area is 200 Å². The Morgan fingerprint density at radius 1 is 1.26 bits per heavy atom. The van der Waals surface area contributed by atoms with Gasteiger partial charge >= 0.3 is 12.2 Å². The number of anilines is 1. The molecule has 1 aliphatic carbocycles. The third-order valence-corrected chi connectivity index (χ3v) is 7.34.